The lowest BCUT2D eigenvalue weighted by atomic mass is 9.86. The monoisotopic (exact) mass is 398 g/mol. The summed E-state index contributed by atoms with van der Waals surface area (Å²) < 4.78 is 33.3. The molecule has 0 fully saturated rings. The number of carbonyl (C=O) groups excluding carboxylic acids is 1. The summed E-state index contributed by atoms with van der Waals surface area (Å²) in [6.07, 6.45) is -2.59. The molecule has 0 radical (unpaired) electrons. The van der Waals surface area contributed by atoms with E-state index < -0.39 is 18.0 Å². The molecule has 0 saturated heterocycles. The van der Waals surface area contributed by atoms with Gasteiger partial charge in [-0.1, -0.05) is 19.1 Å². The number of esters is 1. The number of benzene rings is 1. The first kappa shape index (κ1) is 17.9. The molecule has 1 N–H and O–H groups in total. The van der Waals surface area contributed by atoms with Crippen molar-refractivity contribution in [3.63, 3.8) is 0 Å². The molecule has 2 aliphatic heterocycles. The largest absolute Gasteiger partial charge is 0.458 e. The van der Waals surface area contributed by atoms with Crippen LogP contribution < -0.4 is 5.56 Å². The van der Waals surface area contributed by atoms with Crippen LogP contribution in [0.2, 0.25) is 0 Å². The van der Waals surface area contributed by atoms with E-state index in [1.54, 1.807) is 25.1 Å². The SMILES string of the molecule is CC[C@@]1(O)C(=O)OCc2c1cc1n(c2=O)Cc2cc3c(C(F)F)cccc3nc2-1. The number of carbonyl (C=O) groups is 1. The Bertz CT molecular complexity index is 1270. The number of rotatable bonds is 2. The predicted octanol–water partition coefficient (Wildman–Crippen LogP) is 3.02. The van der Waals surface area contributed by atoms with Gasteiger partial charge in [-0.3, -0.25) is 4.79 Å². The van der Waals surface area contributed by atoms with Crippen LogP contribution in [0.3, 0.4) is 0 Å². The molecular formula is C21H16F2N2O4. The maximum Gasteiger partial charge on any atom is 0.343 e. The summed E-state index contributed by atoms with van der Waals surface area (Å²) >= 11 is 0. The highest BCUT2D eigenvalue weighted by Crippen LogP contribution is 2.39. The van der Waals surface area contributed by atoms with E-state index in [0.717, 1.165) is 0 Å². The van der Waals surface area contributed by atoms with E-state index in [4.69, 9.17) is 4.74 Å². The van der Waals surface area contributed by atoms with Gasteiger partial charge < -0.3 is 14.4 Å². The molecule has 8 heteroatoms. The molecular weight excluding hydrogens is 382 g/mol. The number of cyclic esters (lactones) is 1. The van der Waals surface area contributed by atoms with Gasteiger partial charge in [0.1, 0.15) is 6.61 Å². The first-order valence-corrected chi connectivity index (χ1v) is 9.23. The molecule has 0 bridgehead atoms. The van der Waals surface area contributed by atoms with Crippen molar-refractivity contribution in [1.29, 1.82) is 0 Å². The lowest BCUT2D eigenvalue weighted by molar-refractivity contribution is -0.172. The van der Waals surface area contributed by atoms with Crippen LogP contribution in [0.4, 0.5) is 8.78 Å². The summed E-state index contributed by atoms with van der Waals surface area (Å²) in [4.78, 5) is 29.8. The van der Waals surface area contributed by atoms with E-state index in [2.05, 4.69) is 4.98 Å². The second-order valence-corrected chi connectivity index (χ2v) is 7.31. The fourth-order valence-electron chi connectivity index (χ4n) is 4.22. The number of aliphatic hydroxyl groups is 1. The molecule has 5 rings (SSSR count). The number of nitrogens with zero attached hydrogens (tertiary/aromatic N) is 2. The second kappa shape index (κ2) is 5.93. The van der Waals surface area contributed by atoms with Crippen LogP contribution in [-0.2, 0) is 28.3 Å². The number of ether oxygens (including phenoxy) is 1. The van der Waals surface area contributed by atoms with E-state index in [1.165, 1.54) is 16.7 Å². The Morgan fingerprint density at radius 2 is 2.10 bits per heavy atom. The Hall–Kier alpha value is -3.13. The van der Waals surface area contributed by atoms with Gasteiger partial charge in [0.05, 0.1) is 29.0 Å². The minimum absolute atomic E-state index is 0.0531. The van der Waals surface area contributed by atoms with Crippen LogP contribution >= 0.6 is 0 Å². The van der Waals surface area contributed by atoms with Crippen molar-refractivity contribution in [1.82, 2.24) is 9.55 Å². The van der Waals surface area contributed by atoms with Crippen LogP contribution in [0.5, 0.6) is 0 Å². The normalized spacial score (nSPS) is 19.8. The first-order valence-electron chi connectivity index (χ1n) is 9.23. The summed E-state index contributed by atoms with van der Waals surface area (Å²) in [7, 11) is 0. The van der Waals surface area contributed by atoms with Crippen molar-refractivity contribution in [2.45, 2.75) is 38.5 Å². The van der Waals surface area contributed by atoms with Gasteiger partial charge in [-0.25, -0.2) is 18.6 Å². The Morgan fingerprint density at radius 3 is 2.83 bits per heavy atom. The number of alkyl halides is 2. The van der Waals surface area contributed by atoms with Crippen LogP contribution in [0.15, 0.2) is 35.1 Å². The fourth-order valence-corrected chi connectivity index (χ4v) is 4.22. The Kier molecular flexibility index (Phi) is 3.67. The van der Waals surface area contributed by atoms with Crippen molar-refractivity contribution < 1.29 is 23.4 Å². The van der Waals surface area contributed by atoms with E-state index in [-0.39, 0.29) is 41.8 Å². The Morgan fingerprint density at radius 1 is 1.31 bits per heavy atom. The highest BCUT2D eigenvalue weighted by Gasteiger charge is 2.45. The molecule has 6 nitrogen and oxygen atoms in total. The summed E-state index contributed by atoms with van der Waals surface area (Å²) in [5, 5.41) is 11.2. The topological polar surface area (TPSA) is 81.4 Å². The fraction of sp³-hybridized carbons (Fsp3) is 0.286. The Balaban J connectivity index is 1.78. The van der Waals surface area contributed by atoms with Crippen molar-refractivity contribution >= 4 is 16.9 Å². The molecule has 0 unspecified atom stereocenters. The smallest absolute Gasteiger partial charge is 0.343 e. The maximum atomic E-state index is 13.4. The number of fused-ring (bicyclic) bond motifs is 5. The lowest BCUT2D eigenvalue weighted by Gasteiger charge is -2.31. The Labute approximate surface area is 163 Å². The zero-order chi connectivity index (χ0) is 20.5. The van der Waals surface area contributed by atoms with Gasteiger partial charge in [0.2, 0.25) is 0 Å². The first-order chi connectivity index (χ1) is 13.8. The van der Waals surface area contributed by atoms with E-state index >= 15 is 0 Å². The number of halogens is 2. The minimum Gasteiger partial charge on any atom is -0.458 e. The second-order valence-electron chi connectivity index (χ2n) is 7.31. The van der Waals surface area contributed by atoms with Crippen LogP contribution in [0, 0.1) is 0 Å². The number of pyridine rings is 2. The molecule has 148 valence electrons. The standard InChI is InChI=1S/C21H16F2N2O4/c1-2-21(28)14-7-16-17-10(8-25(16)19(26)13(14)9-29-20(21)27)6-12-11(18(22)23)4-3-5-15(12)24-17/h3-7,18,28H,2,8-9H2,1H3/t21-/m0/s1. The molecule has 0 aliphatic carbocycles. The predicted molar refractivity (Wildman–Crippen MR) is 99.5 cm³/mol. The minimum atomic E-state index is -2.64. The molecule has 1 aromatic carbocycles. The summed E-state index contributed by atoms with van der Waals surface area (Å²) in [6.45, 7) is 1.60. The molecule has 1 atom stereocenters. The number of hydrogen-bond donors (Lipinski definition) is 1. The quantitative estimate of drug-likeness (QED) is 0.525. The van der Waals surface area contributed by atoms with Gasteiger partial charge >= 0.3 is 5.97 Å². The number of hydrogen-bond acceptors (Lipinski definition) is 5. The molecule has 0 amide bonds. The molecule has 2 aliphatic rings. The van der Waals surface area contributed by atoms with E-state index in [1.807, 2.05) is 0 Å². The van der Waals surface area contributed by atoms with Crippen molar-refractivity contribution in [2.75, 3.05) is 0 Å². The highest BCUT2D eigenvalue weighted by atomic mass is 19.3. The maximum absolute atomic E-state index is 13.4. The van der Waals surface area contributed by atoms with Crippen LogP contribution in [0.1, 0.15) is 42.0 Å². The zero-order valence-corrected chi connectivity index (χ0v) is 15.4. The molecule has 0 spiro atoms. The van der Waals surface area contributed by atoms with Crippen molar-refractivity contribution in [3.8, 4) is 11.4 Å². The third-order valence-corrected chi connectivity index (χ3v) is 5.82. The molecule has 0 saturated carbocycles. The van der Waals surface area contributed by atoms with Crippen molar-refractivity contribution in [2.24, 2.45) is 0 Å². The van der Waals surface area contributed by atoms with Gasteiger partial charge in [-0.2, -0.15) is 0 Å². The van der Waals surface area contributed by atoms with Crippen LogP contribution in [-0.4, -0.2) is 20.6 Å². The lowest BCUT2D eigenvalue weighted by Crippen LogP contribution is -2.44. The summed E-state index contributed by atoms with van der Waals surface area (Å²) in [5.41, 5.74) is 0.0309. The van der Waals surface area contributed by atoms with Gasteiger partial charge in [0.25, 0.3) is 12.0 Å². The van der Waals surface area contributed by atoms with Crippen LogP contribution in [0.25, 0.3) is 22.3 Å². The van der Waals surface area contributed by atoms with E-state index in [9.17, 15) is 23.5 Å². The highest BCUT2D eigenvalue weighted by molar-refractivity contribution is 5.88. The molecule has 29 heavy (non-hydrogen) atoms. The molecule has 4 heterocycles. The summed E-state index contributed by atoms with van der Waals surface area (Å²) in [5.74, 6) is -0.789. The van der Waals surface area contributed by atoms with E-state index in [0.29, 0.717) is 27.9 Å². The molecule has 2 aromatic heterocycles. The zero-order valence-electron chi connectivity index (χ0n) is 15.4. The summed E-state index contributed by atoms with van der Waals surface area (Å²) in [6, 6.07) is 7.75. The van der Waals surface area contributed by atoms with Gasteiger partial charge in [-0.05, 0) is 24.6 Å². The number of aromatic nitrogens is 2. The average Bonchev–Trinajstić information content (AvgIpc) is 3.07. The van der Waals surface area contributed by atoms with Crippen molar-refractivity contribution in [3.05, 3.63) is 62.9 Å². The third kappa shape index (κ3) is 2.32. The average molecular weight is 398 g/mol. The third-order valence-electron chi connectivity index (χ3n) is 5.82. The molecule has 3 aromatic rings. The van der Waals surface area contributed by atoms with Gasteiger partial charge in [0.15, 0.2) is 5.60 Å². The van der Waals surface area contributed by atoms with Gasteiger partial charge in [-0.15, -0.1) is 0 Å². The van der Waals surface area contributed by atoms with Gasteiger partial charge in [0, 0.05) is 22.1 Å².